The summed E-state index contributed by atoms with van der Waals surface area (Å²) in [4.78, 5) is 12.3. The summed E-state index contributed by atoms with van der Waals surface area (Å²) in [5, 5.41) is 11.8. The number of benzene rings is 1. The Labute approximate surface area is 124 Å². The fourth-order valence-electron chi connectivity index (χ4n) is 2.83. The third-order valence-electron chi connectivity index (χ3n) is 3.98. The monoisotopic (exact) mass is 286 g/mol. The number of carbonyl (C=O) groups excluding carboxylic acids is 1. The van der Waals surface area contributed by atoms with E-state index in [0.717, 1.165) is 42.4 Å². The second-order valence-electron chi connectivity index (χ2n) is 5.95. The molecule has 1 amide bonds. The van der Waals surface area contributed by atoms with Gasteiger partial charge in [0.15, 0.2) is 0 Å². The summed E-state index contributed by atoms with van der Waals surface area (Å²) in [6, 6.07) is 6.18. The first-order chi connectivity index (χ1) is 10.1. The molecule has 1 aliphatic heterocycles. The normalized spacial score (nSPS) is 19.1. The molecule has 0 spiro atoms. The number of anilines is 1. The lowest BCUT2D eigenvalue weighted by Gasteiger charge is -2.22. The maximum Gasteiger partial charge on any atom is 0.241 e. The molecule has 1 aliphatic rings. The van der Waals surface area contributed by atoms with Crippen molar-refractivity contribution >= 4 is 22.5 Å². The Morgan fingerprint density at radius 2 is 2.29 bits per heavy atom. The predicted octanol–water partition coefficient (Wildman–Crippen LogP) is 2.70. The van der Waals surface area contributed by atoms with Crippen LogP contribution in [0.15, 0.2) is 24.4 Å². The van der Waals surface area contributed by atoms with Crippen molar-refractivity contribution in [2.45, 2.75) is 45.2 Å². The van der Waals surface area contributed by atoms with Gasteiger partial charge in [0, 0.05) is 17.1 Å². The lowest BCUT2D eigenvalue weighted by Crippen LogP contribution is -2.43. The average molecular weight is 286 g/mol. The van der Waals surface area contributed by atoms with Crippen LogP contribution in [0.1, 0.15) is 39.2 Å². The fourth-order valence-corrected chi connectivity index (χ4v) is 2.83. The summed E-state index contributed by atoms with van der Waals surface area (Å²) in [6.07, 6.45) is 5.05. The number of hydrogen-bond acceptors (Lipinski definition) is 3. The number of rotatable bonds is 3. The number of carbonyl (C=O) groups is 1. The van der Waals surface area contributed by atoms with Crippen LogP contribution in [-0.4, -0.2) is 28.3 Å². The van der Waals surface area contributed by atoms with E-state index in [2.05, 4.69) is 29.6 Å². The van der Waals surface area contributed by atoms with E-state index in [9.17, 15) is 4.79 Å². The van der Waals surface area contributed by atoms with Crippen molar-refractivity contribution in [1.82, 2.24) is 15.1 Å². The van der Waals surface area contributed by atoms with Gasteiger partial charge in [-0.2, -0.15) is 5.10 Å². The van der Waals surface area contributed by atoms with Gasteiger partial charge in [0.25, 0.3) is 0 Å². The van der Waals surface area contributed by atoms with Gasteiger partial charge in [-0.3, -0.25) is 9.48 Å². The van der Waals surface area contributed by atoms with Crippen LogP contribution in [0.3, 0.4) is 0 Å². The van der Waals surface area contributed by atoms with Crippen LogP contribution >= 0.6 is 0 Å². The molecule has 5 heteroatoms. The summed E-state index contributed by atoms with van der Waals surface area (Å²) in [5.74, 6) is 0.0599. The number of nitrogens with zero attached hydrogens (tertiary/aromatic N) is 2. The Morgan fingerprint density at radius 1 is 1.43 bits per heavy atom. The standard InChI is InChI=1S/C16H22N4O/c1-11(2)20-15-9-13(7-6-12(15)10-18-20)19-16(21)14-5-3-4-8-17-14/h6-7,9-11,14,17H,3-5,8H2,1-2H3,(H,19,21). The van der Waals surface area contributed by atoms with Gasteiger partial charge in [-0.25, -0.2) is 0 Å². The number of aromatic nitrogens is 2. The molecular formula is C16H22N4O. The van der Waals surface area contributed by atoms with Gasteiger partial charge in [0.05, 0.1) is 17.8 Å². The molecular weight excluding hydrogens is 264 g/mol. The molecule has 1 atom stereocenters. The molecule has 2 N–H and O–H groups in total. The third kappa shape index (κ3) is 2.93. The number of fused-ring (bicyclic) bond motifs is 1. The van der Waals surface area contributed by atoms with Crippen molar-refractivity contribution in [2.75, 3.05) is 11.9 Å². The molecule has 0 aliphatic carbocycles. The second kappa shape index (κ2) is 5.85. The van der Waals surface area contributed by atoms with Crippen LogP contribution in [-0.2, 0) is 4.79 Å². The highest BCUT2D eigenvalue weighted by molar-refractivity contribution is 5.96. The van der Waals surface area contributed by atoms with Crippen molar-refractivity contribution in [3.8, 4) is 0 Å². The molecule has 3 rings (SSSR count). The molecule has 0 radical (unpaired) electrons. The smallest absolute Gasteiger partial charge is 0.241 e. The van der Waals surface area contributed by atoms with Gasteiger partial charge >= 0.3 is 0 Å². The minimum Gasteiger partial charge on any atom is -0.325 e. The third-order valence-corrected chi connectivity index (χ3v) is 3.98. The fraction of sp³-hybridized carbons (Fsp3) is 0.500. The van der Waals surface area contributed by atoms with E-state index >= 15 is 0 Å². The Hall–Kier alpha value is -1.88. The van der Waals surface area contributed by atoms with E-state index in [1.54, 1.807) is 0 Å². The summed E-state index contributed by atoms with van der Waals surface area (Å²) in [5.41, 5.74) is 1.89. The Kier molecular flexibility index (Phi) is 3.92. The molecule has 5 nitrogen and oxygen atoms in total. The summed E-state index contributed by atoms with van der Waals surface area (Å²) in [7, 11) is 0. The summed E-state index contributed by atoms with van der Waals surface area (Å²) < 4.78 is 1.98. The van der Waals surface area contributed by atoms with Crippen molar-refractivity contribution < 1.29 is 4.79 Å². The SMILES string of the molecule is CC(C)n1ncc2ccc(NC(=O)C3CCCCN3)cc21. The second-order valence-corrected chi connectivity index (χ2v) is 5.95. The van der Waals surface area contributed by atoms with Crippen molar-refractivity contribution in [3.05, 3.63) is 24.4 Å². The molecule has 112 valence electrons. The minimum atomic E-state index is -0.0653. The zero-order chi connectivity index (χ0) is 14.8. The molecule has 1 unspecified atom stereocenters. The Morgan fingerprint density at radius 3 is 3.00 bits per heavy atom. The predicted molar refractivity (Wildman–Crippen MR) is 84.4 cm³/mol. The van der Waals surface area contributed by atoms with Crippen molar-refractivity contribution in [1.29, 1.82) is 0 Å². The molecule has 0 saturated carbocycles. The van der Waals surface area contributed by atoms with Crippen LogP contribution in [0, 0.1) is 0 Å². The molecule has 0 bridgehead atoms. The van der Waals surface area contributed by atoms with E-state index in [-0.39, 0.29) is 11.9 Å². The maximum atomic E-state index is 12.3. The highest BCUT2D eigenvalue weighted by Crippen LogP contribution is 2.22. The highest BCUT2D eigenvalue weighted by Gasteiger charge is 2.20. The number of piperidine rings is 1. The highest BCUT2D eigenvalue weighted by atomic mass is 16.2. The summed E-state index contributed by atoms with van der Waals surface area (Å²) in [6.45, 7) is 5.13. The molecule has 2 aromatic rings. The molecule has 1 aromatic carbocycles. The summed E-state index contributed by atoms with van der Waals surface area (Å²) >= 11 is 0. The van der Waals surface area contributed by atoms with E-state index in [4.69, 9.17) is 0 Å². The first-order valence-corrected chi connectivity index (χ1v) is 7.66. The van der Waals surface area contributed by atoms with Gasteiger partial charge < -0.3 is 10.6 Å². The van der Waals surface area contributed by atoms with Gasteiger partial charge in [0.1, 0.15) is 0 Å². The molecule has 21 heavy (non-hydrogen) atoms. The Bertz CT molecular complexity index is 641. The van der Waals surface area contributed by atoms with Gasteiger partial charge in [-0.05, 0) is 51.4 Å². The average Bonchev–Trinajstić information content (AvgIpc) is 2.91. The maximum absolute atomic E-state index is 12.3. The molecule has 2 heterocycles. The van der Waals surface area contributed by atoms with Crippen LogP contribution in [0.4, 0.5) is 5.69 Å². The van der Waals surface area contributed by atoms with Crippen LogP contribution in [0.5, 0.6) is 0 Å². The van der Waals surface area contributed by atoms with E-state index in [0.29, 0.717) is 6.04 Å². The van der Waals surface area contributed by atoms with Gasteiger partial charge in [-0.1, -0.05) is 6.42 Å². The number of hydrogen-bond donors (Lipinski definition) is 2. The van der Waals surface area contributed by atoms with Crippen LogP contribution in [0.2, 0.25) is 0 Å². The minimum absolute atomic E-state index is 0.0599. The number of amides is 1. The largest absolute Gasteiger partial charge is 0.325 e. The quantitative estimate of drug-likeness (QED) is 0.912. The lowest BCUT2D eigenvalue weighted by atomic mass is 10.0. The van der Waals surface area contributed by atoms with E-state index in [1.165, 1.54) is 0 Å². The van der Waals surface area contributed by atoms with Gasteiger partial charge in [-0.15, -0.1) is 0 Å². The first-order valence-electron chi connectivity index (χ1n) is 7.66. The zero-order valence-electron chi connectivity index (χ0n) is 12.6. The molecule has 1 fully saturated rings. The molecule has 1 aromatic heterocycles. The Balaban J connectivity index is 1.80. The van der Waals surface area contributed by atoms with Crippen LogP contribution in [0.25, 0.3) is 10.9 Å². The van der Waals surface area contributed by atoms with Crippen molar-refractivity contribution in [3.63, 3.8) is 0 Å². The zero-order valence-corrected chi connectivity index (χ0v) is 12.6. The van der Waals surface area contributed by atoms with E-state index in [1.807, 2.05) is 29.1 Å². The van der Waals surface area contributed by atoms with Gasteiger partial charge in [0.2, 0.25) is 5.91 Å². The lowest BCUT2D eigenvalue weighted by molar-refractivity contribution is -0.118. The first kappa shape index (κ1) is 14.1. The number of nitrogens with one attached hydrogen (secondary N) is 2. The van der Waals surface area contributed by atoms with E-state index < -0.39 is 0 Å². The van der Waals surface area contributed by atoms with Crippen LogP contribution < -0.4 is 10.6 Å². The van der Waals surface area contributed by atoms with Crippen molar-refractivity contribution in [2.24, 2.45) is 0 Å². The molecule has 1 saturated heterocycles. The topological polar surface area (TPSA) is 59.0 Å².